The van der Waals surface area contributed by atoms with Crippen LogP contribution < -0.4 is 11.1 Å². The van der Waals surface area contributed by atoms with Crippen molar-refractivity contribution >= 4 is 5.69 Å². The number of morpholine rings is 1. The van der Waals surface area contributed by atoms with E-state index in [-0.39, 0.29) is 0 Å². The zero-order chi connectivity index (χ0) is 14.5. The molecule has 1 aliphatic heterocycles. The third kappa shape index (κ3) is 3.96. The van der Waals surface area contributed by atoms with Gasteiger partial charge in [-0.3, -0.25) is 4.90 Å². The van der Waals surface area contributed by atoms with E-state index in [0.717, 1.165) is 39.4 Å². The lowest BCUT2D eigenvalue weighted by molar-refractivity contribution is 0.0342. The first kappa shape index (κ1) is 14.8. The van der Waals surface area contributed by atoms with Gasteiger partial charge in [0.2, 0.25) is 0 Å². The third-order valence-corrected chi connectivity index (χ3v) is 4.78. The van der Waals surface area contributed by atoms with Crippen molar-refractivity contribution in [3.8, 4) is 0 Å². The topological polar surface area (TPSA) is 50.5 Å². The lowest BCUT2D eigenvalue weighted by atomic mass is 10.0. The molecule has 21 heavy (non-hydrogen) atoms. The predicted octanol–water partition coefficient (Wildman–Crippen LogP) is 2.06. The molecule has 4 heteroatoms. The molecule has 0 aromatic heterocycles. The van der Waals surface area contributed by atoms with Crippen LogP contribution in [0.15, 0.2) is 24.3 Å². The van der Waals surface area contributed by atoms with E-state index in [4.69, 9.17) is 10.5 Å². The van der Waals surface area contributed by atoms with Gasteiger partial charge in [-0.25, -0.2) is 0 Å². The molecule has 2 fully saturated rings. The van der Waals surface area contributed by atoms with Crippen LogP contribution >= 0.6 is 0 Å². The summed E-state index contributed by atoms with van der Waals surface area (Å²) in [5.41, 5.74) is 8.46. The zero-order valence-electron chi connectivity index (χ0n) is 12.8. The van der Waals surface area contributed by atoms with Crippen LogP contribution in [0.3, 0.4) is 0 Å². The number of nitrogens with two attached hydrogens (primary N) is 1. The Labute approximate surface area is 127 Å². The van der Waals surface area contributed by atoms with Gasteiger partial charge < -0.3 is 15.8 Å². The van der Waals surface area contributed by atoms with Crippen LogP contribution in [0.1, 0.15) is 24.8 Å². The van der Waals surface area contributed by atoms with Crippen molar-refractivity contribution in [2.75, 3.05) is 38.2 Å². The number of ether oxygens (including phenoxy) is 1. The van der Waals surface area contributed by atoms with Gasteiger partial charge in [0.1, 0.15) is 0 Å². The first-order valence-corrected chi connectivity index (χ1v) is 8.21. The Morgan fingerprint density at radius 2 is 1.90 bits per heavy atom. The molecule has 0 spiro atoms. The van der Waals surface area contributed by atoms with Crippen LogP contribution in [0.5, 0.6) is 0 Å². The van der Waals surface area contributed by atoms with Crippen LogP contribution in [-0.2, 0) is 11.3 Å². The van der Waals surface area contributed by atoms with Crippen LogP contribution in [-0.4, -0.2) is 43.8 Å². The average molecular weight is 289 g/mol. The molecule has 4 nitrogen and oxygen atoms in total. The number of benzene rings is 1. The van der Waals surface area contributed by atoms with Crippen LogP contribution in [0.4, 0.5) is 5.69 Å². The Balaban J connectivity index is 1.53. The van der Waals surface area contributed by atoms with E-state index in [2.05, 4.69) is 34.5 Å². The predicted molar refractivity (Wildman–Crippen MR) is 86.3 cm³/mol. The normalized spacial score (nSPS) is 26.9. The summed E-state index contributed by atoms with van der Waals surface area (Å²) in [6.45, 7) is 5.63. The van der Waals surface area contributed by atoms with Gasteiger partial charge in [0, 0.05) is 31.4 Å². The molecule has 3 N–H and O–H groups in total. The standard InChI is InChI=1S/C17H27N3O/c18-12-15-2-1-3-17(15)19-16-6-4-14(5-7-16)13-20-8-10-21-11-9-20/h4-7,15,17,19H,1-3,8-13,18H2. The lowest BCUT2D eigenvalue weighted by Gasteiger charge is -2.26. The van der Waals surface area contributed by atoms with E-state index in [1.807, 2.05) is 0 Å². The van der Waals surface area contributed by atoms with Gasteiger partial charge in [-0.05, 0) is 43.0 Å². The lowest BCUT2D eigenvalue weighted by Crippen LogP contribution is -2.35. The van der Waals surface area contributed by atoms with Crippen molar-refractivity contribution < 1.29 is 4.74 Å². The van der Waals surface area contributed by atoms with Gasteiger partial charge >= 0.3 is 0 Å². The molecule has 1 aromatic rings. The molecule has 2 aliphatic rings. The summed E-state index contributed by atoms with van der Waals surface area (Å²) >= 11 is 0. The second-order valence-electron chi connectivity index (χ2n) is 6.26. The zero-order valence-corrected chi connectivity index (χ0v) is 12.8. The molecular formula is C17H27N3O. The summed E-state index contributed by atoms with van der Waals surface area (Å²) in [5.74, 6) is 0.637. The number of rotatable bonds is 5. The minimum Gasteiger partial charge on any atom is -0.382 e. The van der Waals surface area contributed by atoms with Gasteiger partial charge in [0.15, 0.2) is 0 Å². The van der Waals surface area contributed by atoms with Gasteiger partial charge in [0.05, 0.1) is 13.2 Å². The maximum absolute atomic E-state index is 5.85. The van der Waals surface area contributed by atoms with E-state index >= 15 is 0 Å². The second-order valence-corrected chi connectivity index (χ2v) is 6.26. The van der Waals surface area contributed by atoms with Crippen molar-refractivity contribution in [2.45, 2.75) is 31.8 Å². The molecule has 0 bridgehead atoms. The van der Waals surface area contributed by atoms with Crippen molar-refractivity contribution in [3.05, 3.63) is 29.8 Å². The number of hydrogen-bond acceptors (Lipinski definition) is 4. The van der Waals surface area contributed by atoms with Crippen molar-refractivity contribution in [2.24, 2.45) is 11.7 Å². The highest BCUT2D eigenvalue weighted by Gasteiger charge is 2.25. The largest absolute Gasteiger partial charge is 0.382 e. The quantitative estimate of drug-likeness (QED) is 0.871. The molecule has 116 valence electrons. The highest BCUT2D eigenvalue weighted by atomic mass is 16.5. The van der Waals surface area contributed by atoms with Crippen molar-refractivity contribution in [1.82, 2.24) is 4.90 Å². The van der Waals surface area contributed by atoms with Crippen LogP contribution in [0, 0.1) is 5.92 Å². The highest BCUT2D eigenvalue weighted by Crippen LogP contribution is 2.27. The Kier molecular flexibility index (Phi) is 5.12. The van der Waals surface area contributed by atoms with Crippen LogP contribution in [0.25, 0.3) is 0 Å². The summed E-state index contributed by atoms with van der Waals surface area (Å²) in [7, 11) is 0. The smallest absolute Gasteiger partial charge is 0.0594 e. The fourth-order valence-electron chi connectivity index (χ4n) is 3.45. The molecule has 1 heterocycles. The molecule has 2 unspecified atom stereocenters. The van der Waals surface area contributed by atoms with Gasteiger partial charge in [-0.2, -0.15) is 0 Å². The maximum atomic E-state index is 5.85. The third-order valence-electron chi connectivity index (χ3n) is 4.78. The molecular weight excluding hydrogens is 262 g/mol. The SMILES string of the molecule is NCC1CCCC1Nc1ccc(CN2CCOCC2)cc1. The fraction of sp³-hybridized carbons (Fsp3) is 0.647. The van der Waals surface area contributed by atoms with E-state index in [9.17, 15) is 0 Å². The van der Waals surface area contributed by atoms with Crippen molar-refractivity contribution in [1.29, 1.82) is 0 Å². The Bertz CT molecular complexity index is 428. The van der Waals surface area contributed by atoms with Crippen molar-refractivity contribution in [3.63, 3.8) is 0 Å². The Morgan fingerprint density at radius 1 is 1.14 bits per heavy atom. The molecule has 1 aliphatic carbocycles. The first-order valence-electron chi connectivity index (χ1n) is 8.21. The van der Waals surface area contributed by atoms with E-state index in [0.29, 0.717) is 12.0 Å². The minimum atomic E-state index is 0.556. The molecule has 0 radical (unpaired) electrons. The van der Waals surface area contributed by atoms with Gasteiger partial charge in [-0.1, -0.05) is 18.6 Å². The molecule has 1 saturated heterocycles. The number of hydrogen-bond donors (Lipinski definition) is 2. The summed E-state index contributed by atoms with van der Waals surface area (Å²) < 4.78 is 5.39. The van der Waals surface area contributed by atoms with Gasteiger partial charge in [-0.15, -0.1) is 0 Å². The van der Waals surface area contributed by atoms with Crippen LogP contribution in [0.2, 0.25) is 0 Å². The van der Waals surface area contributed by atoms with E-state index in [1.54, 1.807) is 0 Å². The summed E-state index contributed by atoms with van der Waals surface area (Å²) in [5, 5.41) is 3.66. The monoisotopic (exact) mass is 289 g/mol. The molecule has 0 amide bonds. The second kappa shape index (κ2) is 7.25. The molecule has 3 rings (SSSR count). The Morgan fingerprint density at radius 3 is 2.62 bits per heavy atom. The average Bonchev–Trinajstić information content (AvgIpc) is 2.97. The maximum Gasteiger partial charge on any atom is 0.0594 e. The first-order chi connectivity index (χ1) is 10.3. The van der Waals surface area contributed by atoms with Gasteiger partial charge in [0.25, 0.3) is 0 Å². The number of nitrogens with zero attached hydrogens (tertiary/aromatic N) is 1. The van der Waals surface area contributed by atoms with E-state index < -0.39 is 0 Å². The highest BCUT2D eigenvalue weighted by molar-refractivity contribution is 5.45. The summed E-state index contributed by atoms with van der Waals surface area (Å²) in [4.78, 5) is 2.45. The fourth-order valence-corrected chi connectivity index (χ4v) is 3.45. The minimum absolute atomic E-state index is 0.556. The summed E-state index contributed by atoms with van der Waals surface area (Å²) in [6, 6.07) is 9.46. The Hall–Kier alpha value is -1.10. The molecule has 1 aromatic carbocycles. The van der Waals surface area contributed by atoms with E-state index in [1.165, 1.54) is 30.5 Å². The number of anilines is 1. The number of nitrogens with one attached hydrogen (secondary N) is 1. The molecule has 1 saturated carbocycles. The summed E-state index contributed by atoms with van der Waals surface area (Å²) in [6.07, 6.45) is 3.81. The molecule has 2 atom stereocenters.